The maximum absolute atomic E-state index is 13.1. The lowest BCUT2D eigenvalue weighted by atomic mass is 10.1. The summed E-state index contributed by atoms with van der Waals surface area (Å²) in [5.74, 6) is -0.292. The van der Waals surface area contributed by atoms with Crippen LogP contribution in [0.5, 0.6) is 0 Å². The minimum Gasteiger partial charge on any atom is -0.254 e. The molecule has 0 unspecified atom stereocenters. The second-order valence-corrected chi connectivity index (χ2v) is 4.29. The van der Waals surface area contributed by atoms with Crippen molar-refractivity contribution in [3.05, 3.63) is 52.9 Å². The number of hydrogen-bond acceptors (Lipinski definition) is 1. The lowest BCUT2D eigenvalue weighted by Gasteiger charge is -2.05. The summed E-state index contributed by atoms with van der Waals surface area (Å²) < 4.78 is 13.1. The Morgan fingerprint density at radius 2 is 2.12 bits per heavy atom. The van der Waals surface area contributed by atoms with E-state index in [1.54, 1.807) is 18.3 Å². The van der Waals surface area contributed by atoms with Crippen molar-refractivity contribution in [2.24, 2.45) is 0 Å². The number of pyridine rings is 1. The largest absolute Gasteiger partial charge is 0.254 e. The lowest BCUT2D eigenvalue weighted by molar-refractivity contribution is 0.628. The Bertz CT molecular complexity index is 516. The topological polar surface area (TPSA) is 12.9 Å². The van der Waals surface area contributed by atoms with Gasteiger partial charge in [0.25, 0.3) is 0 Å². The highest BCUT2D eigenvalue weighted by Gasteiger charge is 2.06. The monoisotopic (exact) mass is 299 g/mol. The molecule has 0 fully saturated rings. The van der Waals surface area contributed by atoms with E-state index in [0.29, 0.717) is 21.6 Å². The average molecular weight is 301 g/mol. The zero-order chi connectivity index (χ0) is 11.5. The number of rotatable bonds is 2. The van der Waals surface area contributed by atoms with Crippen LogP contribution in [0.4, 0.5) is 4.39 Å². The number of hydrogen-bond donors (Lipinski definition) is 0. The van der Waals surface area contributed by atoms with Gasteiger partial charge in [0.2, 0.25) is 0 Å². The third-order valence-corrected chi connectivity index (χ3v) is 3.09. The first-order valence-electron chi connectivity index (χ1n) is 4.67. The van der Waals surface area contributed by atoms with Crippen LogP contribution in [0.1, 0.15) is 5.56 Å². The van der Waals surface area contributed by atoms with Gasteiger partial charge in [-0.1, -0.05) is 39.7 Å². The predicted octanol–water partition coefficient (Wildman–Crippen LogP) is 4.44. The molecule has 0 aliphatic carbocycles. The fourth-order valence-electron chi connectivity index (χ4n) is 1.40. The van der Waals surface area contributed by atoms with Gasteiger partial charge in [0, 0.05) is 17.1 Å². The molecule has 1 aromatic carbocycles. The second-order valence-electron chi connectivity index (χ2n) is 3.32. The van der Waals surface area contributed by atoms with Gasteiger partial charge in [0.1, 0.15) is 5.82 Å². The highest BCUT2D eigenvalue weighted by Crippen LogP contribution is 2.27. The van der Waals surface area contributed by atoms with Gasteiger partial charge >= 0.3 is 0 Å². The van der Waals surface area contributed by atoms with E-state index in [4.69, 9.17) is 11.6 Å². The molecule has 1 heterocycles. The maximum Gasteiger partial charge on any atom is 0.123 e. The Labute approximate surface area is 106 Å². The quantitative estimate of drug-likeness (QED) is 0.747. The third-order valence-electron chi connectivity index (χ3n) is 2.15. The molecule has 1 nitrogen and oxygen atoms in total. The number of halogens is 3. The molecule has 0 N–H and O–H groups in total. The van der Waals surface area contributed by atoms with E-state index in [2.05, 4.69) is 20.9 Å². The van der Waals surface area contributed by atoms with Gasteiger partial charge in [0.15, 0.2) is 0 Å². The molecule has 0 atom stereocenters. The summed E-state index contributed by atoms with van der Waals surface area (Å²) in [6.07, 6.45) is 1.72. The normalized spacial score (nSPS) is 10.4. The van der Waals surface area contributed by atoms with Crippen LogP contribution in [0, 0.1) is 5.82 Å². The second kappa shape index (κ2) is 4.93. The van der Waals surface area contributed by atoms with Crippen LogP contribution >= 0.6 is 27.5 Å². The number of benzene rings is 1. The van der Waals surface area contributed by atoms with Crippen molar-refractivity contribution in [1.82, 2.24) is 4.98 Å². The standard InChI is InChI=1S/C12H8BrClFN/c13-6-8-4-11(14)12(16-7-8)9-2-1-3-10(15)5-9/h1-5,7H,6H2. The van der Waals surface area contributed by atoms with Crippen molar-refractivity contribution in [3.63, 3.8) is 0 Å². The predicted molar refractivity (Wildman–Crippen MR) is 67.3 cm³/mol. The molecule has 2 aromatic rings. The van der Waals surface area contributed by atoms with Crippen molar-refractivity contribution in [2.45, 2.75) is 5.33 Å². The highest BCUT2D eigenvalue weighted by atomic mass is 79.9. The minimum atomic E-state index is -0.292. The van der Waals surface area contributed by atoms with E-state index in [1.165, 1.54) is 12.1 Å². The molecule has 82 valence electrons. The third kappa shape index (κ3) is 2.42. The summed E-state index contributed by atoms with van der Waals surface area (Å²) in [4.78, 5) is 4.23. The van der Waals surface area contributed by atoms with Crippen LogP contribution in [0.25, 0.3) is 11.3 Å². The first-order chi connectivity index (χ1) is 7.70. The van der Waals surface area contributed by atoms with Gasteiger partial charge < -0.3 is 0 Å². The molecule has 0 saturated carbocycles. The molecule has 2 rings (SSSR count). The minimum absolute atomic E-state index is 0.292. The summed E-state index contributed by atoms with van der Waals surface area (Å²) in [6, 6.07) is 8.06. The summed E-state index contributed by atoms with van der Waals surface area (Å²) in [6.45, 7) is 0. The fourth-order valence-corrected chi connectivity index (χ4v) is 2.00. The van der Waals surface area contributed by atoms with Crippen molar-refractivity contribution in [3.8, 4) is 11.3 Å². The van der Waals surface area contributed by atoms with Gasteiger partial charge in [-0.3, -0.25) is 4.98 Å². The van der Waals surface area contributed by atoms with Gasteiger partial charge in [-0.15, -0.1) is 0 Å². The fraction of sp³-hybridized carbons (Fsp3) is 0.0833. The lowest BCUT2D eigenvalue weighted by Crippen LogP contribution is -1.88. The van der Waals surface area contributed by atoms with E-state index in [1.807, 2.05) is 6.07 Å². The average Bonchev–Trinajstić information content (AvgIpc) is 2.28. The SMILES string of the molecule is Fc1cccc(-c2ncc(CBr)cc2Cl)c1. The van der Waals surface area contributed by atoms with E-state index in [0.717, 1.165) is 5.56 Å². The van der Waals surface area contributed by atoms with Crippen LogP contribution < -0.4 is 0 Å². The molecule has 16 heavy (non-hydrogen) atoms. The van der Waals surface area contributed by atoms with Gasteiger partial charge in [-0.2, -0.15) is 0 Å². The Morgan fingerprint density at radius 1 is 1.31 bits per heavy atom. The Morgan fingerprint density at radius 3 is 2.75 bits per heavy atom. The molecule has 0 aliphatic heterocycles. The van der Waals surface area contributed by atoms with Crippen molar-refractivity contribution in [2.75, 3.05) is 0 Å². The van der Waals surface area contributed by atoms with Gasteiger partial charge in [-0.05, 0) is 23.8 Å². The van der Waals surface area contributed by atoms with E-state index < -0.39 is 0 Å². The zero-order valence-electron chi connectivity index (χ0n) is 8.25. The molecule has 0 spiro atoms. The molecule has 0 aliphatic rings. The summed E-state index contributed by atoms with van der Waals surface area (Å²) >= 11 is 9.41. The molecular formula is C12H8BrClFN. The summed E-state index contributed by atoms with van der Waals surface area (Å²) in [5.41, 5.74) is 2.28. The molecule has 1 aromatic heterocycles. The molecule has 0 amide bonds. The first kappa shape index (κ1) is 11.6. The molecule has 0 saturated heterocycles. The van der Waals surface area contributed by atoms with E-state index in [9.17, 15) is 4.39 Å². The van der Waals surface area contributed by atoms with E-state index in [-0.39, 0.29) is 5.82 Å². The maximum atomic E-state index is 13.1. The molecule has 0 radical (unpaired) electrons. The number of aromatic nitrogens is 1. The molecular weight excluding hydrogens is 292 g/mol. The zero-order valence-corrected chi connectivity index (χ0v) is 10.6. The summed E-state index contributed by atoms with van der Waals surface area (Å²) in [5, 5.41) is 1.23. The Hall–Kier alpha value is -0.930. The number of alkyl halides is 1. The van der Waals surface area contributed by atoms with Crippen LogP contribution in [0.2, 0.25) is 5.02 Å². The number of nitrogens with zero attached hydrogens (tertiary/aromatic N) is 1. The van der Waals surface area contributed by atoms with Crippen LogP contribution in [0.15, 0.2) is 36.5 Å². The van der Waals surface area contributed by atoms with E-state index >= 15 is 0 Å². The van der Waals surface area contributed by atoms with Gasteiger partial charge in [-0.25, -0.2) is 4.39 Å². The highest BCUT2D eigenvalue weighted by molar-refractivity contribution is 9.08. The molecule has 4 heteroatoms. The smallest absolute Gasteiger partial charge is 0.123 e. The van der Waals surface area contributed by atoms with Crippen molar-refractivity contribution in [1.29, 1.82) is 0 Å². The van der Waals surface area contributed by atoms with Crippen LogP contribution in [-0.4, -0.2) is 4.98 Å². The van der Waals surface area contributed by atoms with Crippen molar-refractivity contribution >= 4 is 27.5 Å². The summed E-state index contributed by atoms with van der Waals surface area (Å²) in [7, 11) is 0. The Kier molecular flexibility index (Phi) is 3.56. The van der Waals surface area contributed by atoms with Crippen LogP contribution in [0.3, 0.4) is 0 Å². The first-order valence-corrected chi connectivity index (χ1v) is 6.17. The van der Waals surface area contributed by atoms with Crippen LogP contribution in [-0.2, 0) is 5.33 Å². The van der Waals surface area contributed by atoms with Gasteiger partial charge in [0.05, 0.1) is 10.7 Å². The van der Waals surface area contributed by atoms with Crippen molar-refractivity contribution < 1.29 is 4.39 Å². The molecule has 0 bridgehead atoms. The Balaban J connectivity index is 2.48.